The first kappa shape index (κ1) is 19.2. The fourth-order valence-corrected chi connectivity index (χ4v) is 3.64. The summed E-state index contributed by atoms with van der Waals surface area (Å²) in [6.07, 6.45) is 0.623. The van der Waals surface area contributed by atoms with Crippen molar-refractivity contribution in [2.75, 3.05) is 65.4 Å². The Labute approximate surface area is 147 Å². The number of hydrogen-bond acceptors (Lipinski definition) is 5. The highest BCUT2D eigenvalue weighted by Crippen LogP contribution is 2.14. The third-order valence-corrected chi connectivity index (χ3v) is 5.38. The minimum absolute atomic E-state index is 0.0305. The van der Waals surface area contributed by atoms with Crippen LogP contribution in [0.25, 0.3) is 0 Å². The van der Waals surface area contributed by atoms with Crippen LogP contribution in [0, 0.1) is 17.2 Å². The maximum absolute atomic E-state index is 12.4. The van der Waals surface area contributed by atoms with Crippen molar-refractivity contribution in [1.82, 2.24) is 19.6 Å². The number of nitriles is 1. The lowest BCUT2D eigenvalue weighted by molar-refractivity contribution is -0.133. The van der Waals surface area contributed by atoms with Gasteiger partial charge in [-0.2, -0.15) is 5.26 Å². The highest BCUT2D eigenvalue weighted by atomic mass is 16.2. The summed E-state index contributed by atoms with van der Waals surface area (Å²) in [6, 6.07) is 2.37. The van der Waals surface area contributed by atoms with E-state index < -0.39 is 0 Å². The smallest absolute Gasteiger partial charge is 0.223 e. The molecule has 2 aliphatic rings. The summed E-state index contributed by atoms with van der Waals surface area (Å²) in [6.45, 7) is 15.9. The second-order valence-electron chi connectivity index (χ2n) is 7.26. The number of carbonyl (C=O) groups is 1. The highest BCUT2D eigenvalue weighted by molar-refractivity contribution is 5.76. The van der Waals surface area contributed by atoms with E-state index in [2.05, 4.69) is 41.5 Å². The Morgan fingerprint density at radius 3 is 2.08 bits per heavy atom. The van der Waals surface area contributed by atoms with E-state index in [1.165, 1.54) is 0 Å². The third-order valence-electron chi connectivity index (χ3n) is 5.38. The van der Waals surface area contributed by atoms with Crippen LogP contribution in [-0.2, 0) is 4.79 Å². The third kappa shape index (κ3) is 5.17. The van der Waals surface area contributed by atoms with Crippen LogP contribution in [0.3, 0.4) is 0 Å². The molecular formula is C18H33N5O. The molecule has 0 aliphatic carbocycles. The summed E-state index contributed by atoms with van der Waals surface area (Å²) in [5.41, 5.74) is 0. The molecule has 136 valence electrons. The Hall–Kier alpha value is -1.16. The lowest BCUT2D eigenvalue weighted by atomic mass is 10.0. The highest BCUT2D eigenvalue weighted by Gasteiger charge is 2.27. The van der Waals surface area contributed by atoms with Gasteiger partial charge in [-0.1, -0.05) is 20.8 Å². The standard InChI is InChI=1S/C18H33N5O/c1-4-20-7-9-21(10-8-20)6-5-18(24)23-13-11-22(12-14-23)17(15-19)16(2)3/h16-17H,4-14H2,1-3H3/t17-/m1/s1. The molecule has 0 saturated carbocycles. The first-order chi connectivity index (χ1) is 11.5. The Balaban J connectivity index is 1.69. The fourth-order valence-electron chi connectivity index (χ4n) is 3.64. The van der Waals surface area contributed by atoms with E-state index in [-0.39, 0.29) is 11.9 Å². The molecule has 24 heavy (non-hydrogen) atoms. The van der Waals surface area contributed by atoms with Crippen LogP contribution in [0.5, 0.6) is 0 Å². The number of rotatable bonds is 6. The van der Waals surface area contributed by atoms with E-state index in [1.807, 2.05) is 4.90 Å². The van der Waals surface area contributed by atoms with Gasteiger partial charge in [0.1, 0.15) is 6.04 Å². The molecule has 0 aromatic heterocycles. The average molecular weight is 335 g/mol. The van der Waals surface area contributed by atoms with Crippen molar-refractivity contribution in [1.29, 1.82) is 5.26 Å². The molecule has 6 heteroatoms. The van der Waals surface area contributed by atoms with Crippen LogP contribution in [0.15, 0.2) is 0 Å². The Bertz CT molecular complexity index is 431. The van der Waals surface area contributed by atoms with E-state index in [1.54, 1.807) is 0 Å². The van der Waals surface area contributed by atoms with Crippen LogP contribution >= 0.6 is 0 Å². The summed E-state index contributed by atoms with van der Waals surface area (Å²) in [7, 11) is 0. The molecule has 0 unspecified atom stereocenters. The summed E-state index contributed by atoms with van der Waals surface area (Å²) < 4.78 is 0. The fraction of sp³-hybridized carbons (Fsp3) is 0.889. The summed E-state index contributed by atoms with van der Waals surface area (Å²) >= 11 is 0. The molecule has 0 bridgehead atoms. The predicted octanol–water partition coefficient (Wildman–Crippen LogP) is 0.706. The number of piperazine rings is 2. The topological polar surface area (TPSA) is 53.8 Å². The molecule has 0 N–H and O–H groups in total. The van der Waals surface area contributed by atoms with Gasteiger partial charge >= 0.3 is 0 Å². The lowest BCUT2D eigenvalue weighted by Gasteiger charge is -2.38. The zero-order valence-corrected chi connectivity index (χ0v) is 15.6. The van der Waals surface area contributed by atoms with Gasteiger partial charge < -0.3 is 14.7 Å². The molecule has 6 nitrogen and oxygen atoms in total. The van der Waals surface area contributed by atoms with Gasteiger partial charge in [-0.25, -0.2) is 0 Å². The minimum Gasteiger partial charge on any atom is -0.340 e. The maximum atomic E-state index is 12.4. The molecule has 2 aliphatic heterocycles. The SMILES string of the molecule is CCN1CCN(CCC(=O)N2CCN([C@H](C#N)C(C)C)CC2)CC1. The number of amides is 1. The van der Waals surface area contributed by atoms with Crippen molar-refractivity contribution < 1.29 is 4.79 Å². The van der Waals surface area contributed by atoms with Crippen molar-refractivity contribution in [3.05, 3.63) is 0 Å². The summed E-state index contributed by atoms with van der Waals surface area (Å²) in [5.74, 6) is 0.602. The minimum atomic E-state index is -0.0305. The first-order valence-corrected chi connectivity index (χ1v) is 9.41. The molecule has 0 radical (unpaired) electrons. The predicted molar refractivity (Wildman–Crippen MR) is 95.6 cm³/mol. The first-order valence-electron chi connectivity index (χ1n) is 9.41. The second-order valence-corrected chi connectivity index (χ2v) is 7.26. The number of nitrogens with zero attached hydrogens (tertiary/aromatic N) is 5. The van der Waals surface area contributed by atoms with Gasteiger partial charge in [0.25, 0.3) is 0 Å². The van der Waals surface area contributed by atoms with Gasteiger partial charge in [-0.15, -0.1) is 0 Å². The molecule has 1 atom stereocenters. The van der Waals surface area contributed by atoms with Crippen molar-refractivity contribution in [2.45, 2.75) is 33.2 Å². The molecule has 0 spiro atoms. The van der Waals surface area contributed by atoms with E-state index in [4.69, 9.17) is 0 Å². The molecule has 0 aromatic carbocycles. The molecule has 1 amide bonds. The number of carbonyl (C=O) groups excluding carboxylic acids is 1. The van der Waals surface area contributed by atoms with E-state index in [0.29, 0.717) is 12.3 Å². The van der Waals surface area contributed by atoms with E-state index in [0.717, 1.165) is 65.4 Å². The summed E-state index contributed by atoms with van der Waals surface area (Å²) in [4.78, 5) is 21.5. The Morgan fingerprint density at radius 2 is 1.58 bits per heavy atom. The largest absolute Gasteiger partial charge is 0.340 e. The van der Waals surface area contributed by atoms with Gasteiger partial charge in [0.2, 0.25) is 5.91 Å². The summed E-state index contributed by atoms with van der Waals surface area (Å²) in [5, 5.41) is 9.31. The normalized spacial score (nSPS) is 22.5. The number of hydrogen-bond donors (Lipinski definition) is 0. The average Bonchev–Trinajstić information content (AvgIpc) is 2.61. The Morgan fingerprint density at radius 1 is 1.00 bits per heavy atom. The van der Waals surface area contributed by atoms with Crippen LogP contribution in [0.2, 0.25) is 0 Å². The van der Waals surface area contributed by atoms with Crippen molar-refractivity contribution >= 4 is 5.91 Å². The van der Waals surface area contributed by atoms with Crippen molar-refractivity contribution in [3.8, 4) is 6.07 Å². The van der Waals surface area contributed by atoms with Gasteiger partial charge in [0.15, 0.2) is 0 Å². The number of likely N-dealkylation sites (N-methyl/N-ethyl adjacent to an activating group) is 1. The molecule has 2 fully saturated rings. The molecule has 0 aromatic rings. The molecule has 2 saturated heterocycles. The quantitative estimate of drug-likeness (QED) is 0.715. The Kier molecular flexibility index (Phi) is 7.47. The van der Waals surface area contributed by atoms with Crippen molar-refractivity contribution in [3.63, 3.8) is 0 Å². The second kappa shape index (κ2) is 9.36. The van der Waals surface area contributed by atoms with E-state index in [9.17, 15) is 10.1 Å². The zero-order valence-electron chi connectivity index (χ0n) is 15.6. The lowest BCUT2D eigenvalue weighted by Crippen LogP contribution is -2.53. The van der Waals surface area contributed by atoms with Gasteiger partial charge in [-0.05, 0) is 12.5 Å². The molecular weight excluding hydrogens is 302 g/mol. The zero-order chi connectivity index (χ0) is 17.5. The van der Waals surface area contributed by atoms with Crippen LogP contribution in [0.4, 0.5) is 0 Å². The van der Waals surface area contributed by atoms with E-state index >= 15 is 0 Å². The van der Waals surface area contributed by atoms with Crippen LogP contribution in [-0.4, -0.2) is 97.0 Å². The van der Waals surface area contributed by atoms with Gasteiger partial charge in [0.05, 0.1) is 6.07 Å². The van der Waals surface area contributed by atoms with Gasteiger partial charge in [-0.3, -0.25) is 9.69 Å². The monoisotopic (exact) mass is 335 g/mol. The van der Waals surface area contributed by atoms with Crippen molar-refractivity contribution in [2.24, 2.45) is 5.92 Å². The van der Waals surface area contributed by atoms with Crippen LogP contribution < -0.4 is 0 Å². The van der Waals surface area contributed by atoms with Crippen LogP contribution in [0.1, 0.15) is 27.2 Å². The van der Waals surface area contributed by atoms with Gasteiger partial charge in [0, 0.05) is 65.3 Å². The maximum Gasteiger partial charge on any atom is 0.223 e. The molecule has 2 heterocycles. The molecule has 2 rings (SSSR count).